The largest absolute Gasteiger partial charge is 0.495 e. The lowest BCUT2D eigenvalue weighted by atomic mass is 10.0. The summed E-state index contributed by atoms with van der Waals surface area (Å²) in [7, 11) is 1.44. The molecule has 0 spiro atoms. The molecule has 3 saturated heterocycles. The SMILES string of the molecule is [2H]C([2H])(C)c1nc(C(N)=O)c(Nc2ccc(N3CC([2H])([2H])C(N4CCN(C([2H])([2H])[2H])CC4)C([2H])([2H])C3)c(OC)c2)nc1NC1CCOCC1. The Kier molecular flexibility index (Phi) is 6.20. The molecular formula is C29H44N8O3. The van der Waals surface area contributed by atoms with E-state index in [1.165, 1.54) is 18.9 Å². The number of nitrogens with one attached hydrogen (secondary N) is 2. The fourth-order valence-corrected chi connectivity index (χ4v) is 5.09. The fraction of sp³-hybridized carbons (Fsp3) is 0.621. The fourth-order valence-electron chi connectivity index (χ4n) is 5.09. The summed E-state index contributed by atoms with van der Waals surface area (Å²) in [6, 6.07) is 3.77. The molecule has 218 valence electrons. The maximum absolute atomic E-state index is 12.5. The molecule has 40 heavy (non-hydrogen) atoms. The lowest BCUT2D eigenvalue weighted by Gasteiger charge is -2.42. The molecule has 3 aliphatic rings. The molecule has 0 radical (unpaired) electrons. The van der Waals surface area contributed by atoms with Crippen LogP contribution in [-0.4, -0.2) is 104 Å². The molecule has 0 saturated carbocycles. The van der Waals surface area contributed by atoms with E-state index < -0.39 is 38.0 Å². The van der Waals surface area contributed by atoms with Gasteiger partial charge in [-0.1, -0.05) is 6.92 Å². The molecule has 1 aromatic heterocycles. The van der Waals surface area contributed by atoms with Crippen molar-refractivity contribution in [3.05, 3.63) is 29.6 Å². The predicted octanol–water partition coefficient (Wildman–Crippen LogP) is 2.70. The van der Waals surface area contributed by atoms with Gasteiger partial charge < -0.3 is 35.6 Å². The van der Waals surface area contributed by atoms with Gasteiger partial charge in [0.25, 0.3) is 5.91 Å². The summed E-state index contributed by atoms with van der Waals surface area (Å²) in [5.74, 6) is -0.439. The molecule has 0 bridgehead atoms. The van der Waals surface area contributed by atoms with Crippen molar-refractivity contribution in [3.8, 4) is 5.75 Å². The predicted molar refractivity (Wildman–Crippen MR) is 158 cm³/mol. The van der Waals surface area contributed by atoms with E-state index >= 15 is 0 Å². The van der Waals surface area contributed by atoms with E-state index in [4.69, 9.17) is 27.5 Å². The van der Waals surface area contributed by atoms with Gasteiger partial charge in [-0.3, -0.25) is 9.69 Å². The standard InChI is InChI=1S/C29H44N8O3/c1-4-23-28(31-20-9-17-40-18-10-20)34-29(26(33-23)27(30)38)32-21-5-6-24(25(19-21)39-3)37-11-7-22(8-12-37)36-15-13-35(2)14-16-36/h5-6,19-20,22H,4,7-18H2,1-3H3,(H2,30,38)(H2,31,32,34)/i2D3,4D2,7D2,8D2. The molecule has 0 atom stereocenters. The Morgan fingerprint density at radius 3 is 2.58 bits per heavy atom. The molecule has 4 N–H and O–H groups in total. The van der Waals surface area contributed by atoms with E-state index in [0.29, 0.717) is 43.2 Å². The molecule has 4 heterocycles. The Morgan fingerprint density at radius 1 is 1.18 bits per heavy atom. The number of aryl methyl sites for hydroxylation is 1. The van der Waals surface area contributed by atoms with E-state index in [0.717, 1.165) is 0 Å². The zero-order valence-electron chi connectivity index (χ0n) is 32.0. The number of hydrogen-bond donors (Lipinski definition) is 3. The molecule has 11 heteroatoms. The van der Waals surface area contributed by atoms with Gasteiger partial charge in [0.2, 0.25) is 0 Å². The number of methoxy groups -OCH3 is 1. The van der Waals surface area contributed by atoms with Crippen molar-refractivity contribution in [2.45, 2.75) is 51.0 Å². The molecule has 1 amide bonds. The number of nitrogens with two attached hydrogens (primary N) is 1. The quantitative estimate of drug-likeness (QED) is 0.421. The number of amides is 1. The third-order valence-electron chi connectivity index (χ3n) is 7.34. The van der Waals surface area contributed by atoms with E-state index in [1.807, 2.05) is 0 Å². The maximum atomic E-state index is 12.5. The number of anilines is 4. The molecule has 0 aliphatic carbocycles. The number of nitrogens with zero attached hydrogens (tertiary/aromatic N) is 5. The van der Waals surface area contributed by atoms with Crippen molar-refractivity contribution in [2.75, 3.05) is 82.1 Å². The Hall–Kier alpha value is -3.15. The first-order valence-corrected chi connectivity index (χ1v) is 13.6. The van der Waals surface area contributed by atoms with E-state index in [1.54, 1.807) is 28.0 Å². The van der Waals surface area contributed by atoms with Crippen LogP contribution < -0.4 is 26.0 Å². The van der Waals surface area contributed by atoms with Crippen LogP contribution in [-0.2, 0) is 11.1 Å². The van der Waals surface area contributed by atoms with E-state index in [2.05, 4.69) is 20.6 Å². The molecule has 0 unspecified atom stereocenters. The number of piperazine rings is 1. The van der Waals surface area contributed by atoms with Crippen LogP contribution in [0.4, 0.5) is 23.0 Å². The van der Waals surface area contributed by atoms with Crippen molar-refractivity contribution >= 4 is 28.9 Å². The molecule has 5 rings (SSSR count). The summed E-state index contributed by atoms with van der Waals surface area (Å²) >= 11 is 0. The average Bonchev–Trinajstić information content (AvgIpc) is 2.99. The summed E-state index contributed by atoms with van der Waals surface area (Å²) in [5, 5.41) is 6.31. The van der Waals surface area contributed by atoms with Gasteiger partial charge in [0.15, 0.2) is 17.3 Å². The normalized spacial score (nSPS) is 26.4. The van der Waals surface area contributed by atoms with Crippen molar-refractivity contribution in [1.29, 1.82) is 0 Å². The maximum Gasteiger partial charge on any atom is 0.271 e. The minimum absolute atomic E-state index is 0.00284. The lowest BCUT2D eigenvalue weighted by molar-refractivity contribution is 0.0903. The van der Waals surface area contributed by atoms with Crippen LogP contribution in [0.3, 0.4) is 0 Å². The summed E-state index contributed by atoms with van der Waals surface area (Å²) in [4.78, 5) is 26.0. The minimum atomic E-state index is -2.25. The van der Waals surface area contributed by atoms with Crippen LogP contribution in [0.5, 0.6) is 5.75 Å². The number of ether oxygens (including phenoxy) is 2. The molecule has 2 aromatic rings. The van der Waals surface area contributed by atoms with Crippen molar-refractivity contribution < 1.29 is 26.6 Å². The number of hydrogen-bond acceptors (Lipinski definition) is 10. The summed E-state index contributed by atoms with van der Waals surface area (Å²) in [6.45, 7) is 0.719. The Labute approximate surface area is 250 Å². The topological polar surface area (TPSA) is 121 Å². The highest BCUT2D eigenvalue weighted by Gasteiger charge is 2.28. The van der Waals surface area contributed by atoms with Gasteiger partial charge in [-0.2, -0.15) is 0 Å². The zero-order valence-corrected chi connectivity index (χ0v) is 23.0. The average molecular weight is 562 g/mol. The number of aromatic nitrogens is 2. The second-order valence-corrected chi connectivity index (χ2v) is 9.96. The number of benzene rings is 1. The number of rotatable bonds is 9. The summed E-state index contributed by atoms with van der Waals surface area (Å²) < 4.78 is 86.5. The van der Waals surface area contributed by atoms with Crippen molar-refractivity contribution in [3.63, 3.8) is 0 Å². The second-order valence-electron chi connectivity index (χ2n) is 9.96. The highest BCUT2D eigenvalue weighted by molar-refractivity contribution is 5.96. The number of carbonyl (C=O) groups is 1. The number of likely N-dealkylation sites (N-methyl/N-ethyl adjacent to an activating group) is 1. The summed E-state index contributed by atoms with van der Waals surface area (Å²) in [6.07, 6.45) is -4.58. The Bertz CT molecular complexity index is 1490. The van der Waals surface area contributed by atoms with Gasteiger partial charge >= 0.3 is 0 Å². The monoisotopic (exact) mass is 561 g/mol. The van der Waals surface area contributed by atoms with Crippen LogP contribution >= 0.6 is 0 Å². The van der Waals surface area contributed by atoms with Gasteiger partial charge in [-0.25, -0.2) is 9.97 Å². The molecular weight excluding hydrogens is 508 g/mol. The number of carbonyl (C=O) groups excluding carboxylic acids is 1. The Balaban J connectivity index is 1.40. The second kappa shape index (κ2) is 13.0. The first kappa shape index (κ1) is 19.1. The molecule has 1 aromatic carbocycles. The van der Waals surface area contributed by atoms with E-state index in [9.17, 15) is 4.79 Å². The number of piperidine rings is 1. The van der Waals surface area contributed by atoms with Gasteiger partial charge in [-0.15, -0.1) is 0 Å². The highest BCUT2D eigenvalue weighted by atomic mass is 16.5. The highest BCUT2D eigenvalue weighted by Crippen LogP contribution is 2.35. The van der Waals surface area contributed by atoms with Gasteiger partial charge in [0.1, 0.15) is 5.75 Å². The first-order valence-electron chi connectivity index (χ1n) is 18.1. The van der Waals surface area contributed by atoms with Crippen LogP contribution in [0, 0.1) is 0 Å². The Morgan fingerprint density at radius 2 is 1.93 bits per heavy atom. The van der Waals surface area contributed by atoms with Gasteiger partial charge in [0.05, 0.1) is 18.5 Å². The lowest BCUT2D eigenvalue weighted by Crippen LogP contribution is -2.52. The first-order chi connectivity index (χ1) is 22.8. The van der Waals surface area contributed by atoms with E-state index in [-0.39, 0.29) is 68.3 Å². The van der Waals surface area contributed by atoms with Crippen molar-refractivity contribution in [1.82, 2.24) is 19.8 Å². The third-order valence-corrected chi connectivity index (χ3v) is 7.34. The molecule has 3 aliphatic heterocycles. The summed E-state index contributed by atoms with van der Waals surface area (Å²) in [5.41, 5.74) is 6.20. The third kappa shape index (κ3) is 6.59. The molecule has 3 fully saturated rings. The number of primary amides is 1. The van der Waals surface area contributed by atoms with Gasteiger partial charge in [-0.05, 0) is 51.1 Å². The smallest absolute Gasteiger partial charge is 0.271 e. The minimum Gasteiger partial charge on any atom is -0.495 e. The molecule has 11 nitrogen and oxygen atoms in total. The van der Waals surface area contributed by atoms with Crippen molar-refractivity contribution in [2.24, 2.45) is 5.73 Å². The van der Waals surface area contributed by atoms with Crippen LogP contribution in [0.25, 0.3) is 0 Å². The van der Waals surface area contributed by atoms with Crippen LogP contribution in [0.15, 0.2) is 18.2 Å². The van der Waals surface area contributed by atoms with Gasteiger partial charge in [0, 0.05) is 88.7 Å². The zero-order chi connectivity index (χ0) is 35.9. The van der Waals surface area contributed by atoms with Crippen LogP contribution in [0.1, 0.15) is 61.0 Å². The van der Waals surface area contributed by atoms with Crippen LogP contribution in [0.2, 0.25) is 0 Å².